The number of carboxylic acid groups (broad SMARTS) is 1. The molecule has 0 aliphatic carbocycles. The number of carbonyl (C=O) groups excluding carboxylic acids is 1. The number of Topliss-reactive ketones (excluding diaryl/α,β-unsaturated/α-hetero) is 1. The molecular weight excluding hydrogens is 194 g/mol. The third kappa shape index (κ3) is 2.52. The lowest BCUT2D eigenvalue weighted by atomic mass is 10.1. The van der Waals surface area contributed by atoms with Gasteiger partial charge in [0, 0.05) is 18.8 Å². The van der Waals surface area contributed by atoms with Crippen LogP contribution in [0.5, 0.6) is 0 Å². The molecule has 1 heterocycles. The molecule has 1 rings (SSSR count). The molecule has 0 aliphatic rings. The third-order valence-corrected chi connectivity index (χ3v) is 1.79. The Labute approximate surface area is 79.2 Å². The highest BCUT2D eigenvalue weighted by Gasteiger charge is 2.13. The molecule has 0 aromatic carbocycles. The Kier molecular flexibility index (Phi) is 2.97. The van der Waals surface area contributed by atoms with Crippen molar-refractivity contribution in [2.45, 2.75) is 6.42 Å². The van der Waals surface area contributed by atoms with Crippen LogP contribution in [0.25, 0.3) is 0 Å². The number of aromatic nitrogens is 1. The first-order chi connectivity index (χ1) is 6.11. The summed E-state index contributed by atoms with van der Waals surface area (Å²) >= 11 is 5.67. The fraction of sp³-hybridized carbons (Fsp3) is 0.125. The molecule has 0 unspecified atom stereocenters. The van der Waals surface area contributed by atoms with Crippen LogP contribution < -0.4 is 0 Å². The Balaban J connectivity index is 2.81. The van der Waals surface area contributed by atoms with E-state index in [4.69, 9.17) is 16.7 Å². The van der Waals surface area contributed by atoms with Gasteiger partial charge in [-0.25, -0.2) is 4.79 Å². The van der Waals surface area contributed by atoms with Gasteiger partial charge in [-0.3, -0.25) is 9.78 Å². The fourth-order valence-electron chi connectivity index (χ4n) is 0.796. The van der Waals surface area contributed by atoms with Crippen molar-refractivity contribution in [2.75, 3.05) is 0 Å². The molecule has 13 heavy (non-hydrogen) atoms. The number of ketones is 1. The molecule has 1 aromatic heterocycles. The lowest BCUT2D eigenvalue weighted by molar-refractivity contribution is -0.148. The van der Waals surface area contributed by atoms with Crippen LogP contribution in [0.3, 0.4) is 0 Å². The van der Waals surface area contributed by atoms with Crippen molar-refractivity contribution in [3.8, 4) is 0 Å². The summed E-state index contributed by atoms with van der Waals surface area (Å²) in [5, 5.41) is 8.63. The van der Waals surface area contributed by atoms with Gasteiger partial charge in [0.2, 0.25) is 5.78 Å². The summed E-state index contributed by atoms with van der Waals surface area (Å²) in [6.45, 7) is 0. The van der Waals surface area contributed by atoms with Crippen LogP contribution in [-0.2, 0) is 16.0 Å². The van der Waals surface area contributed by atoms with Gasteiger partial charge in [-0.15, -0.1) is 0 Å². The van der Waals surface area contributed by atoms with Gasteiger partial charge in [-0.05, 0) is 11.6 Å². The van der Waals surface area contributed by atoms with E-state index in [-0.39, 0.29) is 6.42 Å². The van der Waals surface area contributed by atoms with E-state index >= 15 is 0 Å². The van der Waals surface area contributed by atoms with E-state index in [0.717, 1.165) is 0 Å². The number of nitrogens with zero attached hydrogens (tertiary/aromatic N) is 1. The molecule has 0 fully saturated rings. The van der Waals surface area contributed by atoms with Gasteiger partial charge in [-0.2, -0.15) is 0 Å². The van der Waals surface area contributed by atoms with Gasteiger partial charge in [0.1, 0.15) is 0 Å². The predicted octanol–water partition coefficient (Wildman–Crippen LogP) is 0.931. The highest BCUT2D eigenvalue weighted by atomic mass is 35.5. The van der Waals surface area contributed by atoms with Crippen molar-refractivity contribution in [3.05, 3.63) is 29.0 Å². The van der Waals surface area contributed by atoms with Crippen LogP contribution in [0.4, 0.5) is 0 Å². The molecular formula is C8H6ClNO3. The molecule has 4 nitrogen and oxygen atoms in total. The summed E-state index contributed by atoms with van der Waals surface area (Å²) in [6, 6.07) is 1.52. The van der Waals surface area contributed by atoms with Crippen LogP contribution in [0.2, 0.25) is 5.02 Å². The number of rotatable bonds is 3. The molecule has 0 aliphatic heterocycles. The molecule has 0 radical (unpaired) electrons. The van der Waals surface area contributed by atoms with Crippen LogP contribution in [0, 0.1) is 0 Å². The largest absolute Gasteiger partial charge is 0.475 e. The van der Waals surface area contributed by atoms with Gasteiger partial charge in [0.05, 0.1) is 5.02 Å². The van der Waals surface area contributed by atoms with Crippen molar-refractivity contribution in [1.82, 2.24) is 4.98 Å². The minimum Gasteiger partial charge on any atom is -0.475 e. The van der Waals surface area contributed by atoms with Gasteiger partial charge >= 0.3 is 5.97 Å². The Hall–Kier alpha value is -1.42. The summed E-state index contributed by atoms with van der Waals surface area (Å²) in [5.41, 5.74) is 0.476. The molecule has 0 atom stereocenters. The number of hydrogen-bond acceptors (Lipinski definition) is 3. The average Bonchev–Trinajstić information content (AvgIpc) is 2.08. The highest BCUT2D eigenvalue weighted by molar-refractivity contribution is 6.35. The lowest BCUT2D eigenvalue weighted by Crippen LogP contribution is -2.15. The van der Waals surface area contributed by atoms with E-state index in [1.807, 2.05) is 0 Å². The number of aliphatic carboxylic acids is 1. The van der Waals surface area contributed by atoms with E-state index in [0.29, 0.717) is 10.6 Å². The number of pyridine rings is 1. The first-order valence-corrected chi connectivity index (χ1v) is 3.83. The molecule has 5 heteroatoms. The minimum absolute atomic E-state index is 0.198. The first-order valence-electron chi connectivity index (χ1n) is 3.46. The monoisotopic (exact) mass is 199 g/mol. The number of carboxylic acids is 1. The maximum absolute atomic E-state index is 10.8. The second-order valence-corrected chi connectivity index (χ2v) is 2.78. The maximum atomic E-state index is 10.8. The summed E-state index contributed by atoms with van der Waals surface area (Å²) in [7, 11) is 0. The van der Waals surface area contributed by atoms with Crippen LogP contribution in [-0.4, -0.2) is 21.8 Å². The number of halogens is 1. The van der Waals surface area contributed by atoms with Gasteiger partial charge in [0.15, 0.2) is 0 Å². The normalized spacial score (nSPS) is 9.62. The smallest absolute Gasteiger partial charge is 0.372 e. The molecule has 0 bridgehead atoms. The summed E-state index contributed by atoms with van der Waals surface area (Å²) < 4.78 is 0. The van der Waals surface area contributed by atoms with Crippen molar-refractivity contribution < 1.29 is 14.7 Å². The highest BCUT2D eigenvalue weighted by Crippen LogP contribution is 2.13. The molecule has 0 spiro atoms. The van der Waals surface area contributed by atoms with Gasteiger partial charge in [-0.1, -0.05) is 11.6 Å². The van der Waals surface area contributed by atoms with Crippen molar-refractivity contribution in [3.63, 3.8) is 0 Å². The van der Waals surface area contributed by atoms with Crippen molar-refractivity contribution in [1.29, 1.82) is 0 Å². The standard InChI is InChI=1S/C8H6ClNO3/c9-6-4-10-2-1-5(6)3-7(11)8(12)13/h1-2,4H,3H2,(H,12,13). The second kappa shape index (κ2) is 4.00. The third-order valence-electron chi connectivity index (χ3n) is 1.45. The molecule has 68 valence electrons. The van der Waals surface area contributed by atoms with Crippen LogP contribution in [0.15, 0.2) is 18.5 Å². The molecule has 0 amide bonds. The minimum atomic E-state index is -1.45. The SMILES string of the molecule is O=C(O)C(=O)Cc1ccncc1Cl. The van der Waals surface area contributed by atoms with Crippen LogP contribution in [0.1, 0.15) is 5.56 Å². The van der Waals surface area contributed by atoms with E-state index in [1.54, 1.807) is 0 Å². The Morgan fingerprint density at radius 2 is 2.23 bits per heavy atom. The first kappa shape index (κ1) is 9.67. The Morgan fingerprint density at radius 3 is 2.77 bits per heavy atom. The van der Waals surface area contributed by atoms with Gasteiger partial charge in [0.25, 0.3) is 0 Å². The summed E-state index contributed by atoms with van der Waals surface area (Å²) in [5.74, 6) is -2.33. The molecule has 1 aromatic rings. The van der Waals surface area contributed by atoms with Crippen molar-refractivity contribution >= 4 is 23.4 Å². The fourth-order valence-corrected chi connectivity index (χ4v) is 0.982. The Bertz CT molecular complexity index is 351. The van der Waals surface area contributed by atoms with E-state index in [1.165, 1.54) is 18.5 Å². The molecule has 1 N–H and O–H groups in total. The maximum Gasteiger partial charge on any atom is 0.372 e. The predicted molar refractivity (Wildman–Crippen MR) is 45.6 cm³/mol. The zero-order chi connectivity index (χ0) is 9.84. The lowest BCUT2D eigenvalue weighted by Gasteiger charge is -1.98. The van der Waals surface area contributed by atoms with E-state index in [9.17, 15) is 9.59 Å². The van der Waals surface area contributed by atoms with E-state index in [2.05, 4.69) is 4.98 Å². The Morgan fingerprint density at radius 1 is 1.54 bits per heavy atom. The zero-order valence-electron chi connectivity index (χ0n) is 6.53. The van der Waals surface area contributed by atoms with Crippen molar-refractivity contribution in [2.24, 2.45) is 0 Å². The second-order valence-electron chi connectivity index (χ2n) is 2.37. The van der Waals surface area contributed by atoms with E-state index < -0.39 is 11.8 Å². The quantitative estimate of drug-likeness (QED) is 0.736. The summed E-state index contributed by atoms with van der Waals surface area (Å²) in [6.07, 6.45) is 2.62. The zero-order valence-corrected chi connectivity index (χ0v) is 7.28. The van der Waals surface area contributed by atoms with Crippen LogP contribution >= 0.6 is 11.6 Å². The average molecular weight is 200 g/mol. The molecule has 0 saturated heterocycles. The van der Waals surface area contributed by atoms with Gasteiger partial charge < -0.3 is 5.11 Å². The number of hydrogen-bond donors (Lipinski definition) is 1. The topological polar surface area (TPSA) is 67.3 Å². The summed E-state index contributed by atoms with van der Waals surface area (Å²) in [4.78, 5) is 24.7. The molecule has 0 saturated carbocycles. The number of carbonyl (C=O) groups is 2.